The highest BCUT2D eigenvalue weighted by Crippen LogP contribution is 2.26. The predicted molar refractivity (Wildman–Crippen MR) is 101 cm³/mol. The first-order valence-corrected chi connectivity index (χ1v) is 10.2. The number of hydrogen-bond acceptors (Lipinski definition) is 2. The second-order valence-electron chi connectivity index (χ2n) is 5.60. The zero-order valence-corrected chi connectivity index (χ0v) is 16.1. The Hall–Kier alpha value is 0.390. The molecule has 1 aromatic heterocycles. The fraction of sp³-hybridized carbons (Fsp3) is 0.765. The summed E-state index contributed by atoms with van der Waals surface area (Å²) in [5.41, 5.74) is 1.50. The van der Waals surface area contributed by atoms with Crippen LogP contribution in [-0.2, 0) is 0 Å². The minimum Gasteiger partial charge on any atom is -0.310 e. The van der Waals surface area contributed by atoms with E-state index in [1.807, 2.05) is 11.3 Å². The first-order valence-electron chi connectivity index (χ1n) is 8.25. The maximum Gasteiger partial charge on any atom is 0.0656 e. The average molecular weight is 407 g/mol. The summed E-state index contributed by atoms with van der Waals surface area (Å²) in [6, 6.07) is 2.92. The standard InChI is InChI=1S/C17H30INS/c1-3-5-6-7-8-9-10-11-16(19-12-4-2)15-13-17(18)20-14-15/h13-14,16,19H,3-12H2,1-2H3. The second kappa shape index (κ2) is 12.0. The molecule has 3 heteroatoms. The third kappa shape index (κ3) is 7.99. The molecule has 1 rings (SSSR count). The molecule has 0 aliphatic rings. The van der Waals surface area contributed by atoms with E-state index in [0.717, 1.165) is 6.54 Å². The normalized spacial score (nSPS) is 12.8. The first kappa shape index (κ1) is 18.4. The fourth-order valence-corrected chi connectivity index (χ4v) is 3.94. The van der Waals surface area contributed by atoms with Crippen molar-refractivity contribution in [2.24, 2.45) is 0 Å². The quantitative estimate of drug-likeness (QED) is 0.307. The van der Waals surface area contributed by atoms with E-state index < -0.39 is 0 Å². The number of thiophene rings is 1. The molecule has 0 amide bonds. The molecule has 0 fully saturated rings. The first-order chi connectivity index (χ1) is 9.77. The van der Waals surface area contributed by atoms with Gasteiger partial charge in [0.2, 0.25) is 0 Å². The molecule has 1 heterocycles. The molecule has 116 valence electrons. The number of rotatable bonds is 12. The van der Waals surface area contributed by atoms with Crippen LogP contribution >= 0.6 is 33.9 Å². The van der Waals surface area contributed by atoms with Gasteiger partial charge in [-0.3, -0.25) is 0 Å². The van der Waals surface area contributed by atoms with E-state index in [9.17, 15) is 0 Å². The Kier molecular flexibility index (Phi) is 11.1. The van der Waals surface area contributed by atoms with Gasteiger partial charge in [-0.15, -0.1) is 11.3 Å². The summed E-state index contributed by atoms with van der Waals surface area (Å²) in [4.78, 5) is 0. The molecule has 0 radical (unpaired) electrons. The third-order valence-electron chi connectivity index (χ3n) is 3.73. The minimum atomic E-state index is 0.574. The molecule has 0 bridgehead atoms. The molecule has 0 saturated heterocycles. The Morgan fingerprint density at radius 1 is 1.05 bits per heavy atom. The van der Waals surface area contributed by atoms with Gasteiger partial charge in [0.25, 0.3) is 0 Å². The molecule has 1 nitrogen and oxygen atoms in total. The lowest BCUT2D eigenvalue weighted by atomic mass is 10.0. The average Bonchev–Trinajstić information content (AvgIpc) is 2.87. The maximum absolute atomic E-state index is 3.71. The Bertz CT molecular complexity index is 337. The van der Waals surface area contributed by atoms with Crippen molar-refractivity contribution in [3.8, 4) is 0 Å². The molecule has 0 aromatic carbocycles. The van der Waals surface area contributed by atoms with Crippen LogP contribution in [-0.4, -0.2) is 6.54 Å². The summed E-state index contributed by atoms with van der Waals surface area (Å²) < 4.78 is 1.40. The molecule has 0 aliphatic heterocycles. The van der Waals surface area contributed by atoms with Crippen LogP contribution < -0.4 is 5.32 Å². The Labute approximate surface area is 143 Å². The number of nitrogens with one attached hydrogen (secondary N) is 1. The van der Waals surface area contributed by atoms with Gasteiger partial charge in [-0.2, -0.15) is 0 Å². The van der Waals surface area contributed by atoms with Crippen LogP contribution in [0.3, 0.4) is 0 Å². The molecule has 1 atom stereocenters. The lowest BCUT2D eigenvalue weighted by Gasteiger charge is -2.17. The van der Waals surface area contributed by atoms with Crippen LogP contribution in [0.1, 0.15) is 83.2 Å². The summed E-state index contributed by atoms with van der Waals surface area (Å²) >= 11 is 4.29. The Morgan fingerprint density at radius 3 is 2.35 bits per heavy atom. The van der Waals surface area contributed by atoms with Gasteiger partial charge < -0.3 is 5.32 Å². The molecular weight excluding hydrogens is 377 g/mol. The van der Waals surface area contributed by atoms with E-state index in [1.165, 1.54) is 66.2 Å². The fourth-order valence-electron chi connectivity index (χ4n) is 2.52. The van der Waals surface area contributed by atoms with E-state index in [2.05, 4.69) is 53.2 Å². The van der Waals surface area contributed by atoms with Crippen molar-refractivity contribution in [3.63, 3.8) is 0 Å². The van der Waals surface area contributed by atoms with Gasteiger partial charge in [0.05, 0.1) is 2.88 Å². The summed E-state index contributed by atoms with van der Waals surface area (Å²) in [6.45, 7) is 5.66. The number of unbranched alkanes of at least 4 members (excludes halogenated alkanes) is 6. The zero-order valence-electron chi connectivity index (χ0n) is 13.1. The van der Waals surface area contributed by atoms with Crippen LogP contribution in [0.15, 0.2) is 11.4 Å². The lowest BCUT2D eigenvalue weighted by molar-refractivity contribution is 0.466. The molecule has 1 aromatic rings. The Balaban J connectivity index is 2.23. The largest absolute Gasteiger partial charge is 0.310 e. The van der Waals surface area contributed by atoms with Crippen molar-refractivity contribution >= 4 is 33.9 Å². The summed E-state index contributed by atoms with van der Waals surface area (Å²) in [5, 5.41) is 6.04. The van der Waals surface area contributed by atoms with Crippen molar-refractivity contribution in [2.75, 3.05) is 6.54 Å². The molecule has 0 aliphatic carbocycles. The molecule has 1 N–H and O–H groups in total. The van der Waals surface area contributed by atoms with Crippen molar-refractivity contribution in [2.45, 2.75) is 77.7 Å². The van der Waals surface area contributed by atoms with Gasteiger partial charge in [-0.1, -0.05) is 58.8 Å². The minimum absolute atomic E-state index is 0.574. The third-order valence-corrected chi connectivity index (χ3v) is 5.53. The van der Waals surface area contributed by atoms with Crippen LogP contribution in [0.25, 0.3) is 0 Å². The summed E-state index contributed by atoms with van der Waals surface area (Å²) in [5.74, 6) is 0. The molecule has 0 spiro atoms. The van der Waals surface area contributed by atoms with Gasteiger partial charge in [-0.25, -0.2) is 0 Å². The van der Waals surface area contributed by atoms with Gasteiger partial charge in [0.15, 0.2) is 0 Å². The van der Waals surface area contributed by atoms with E-state index in [-0.39, 0.29) is 0 Å². The van der Waals surface area contributed by atoms with Crippen molar-refractivity contribution in [1.29, 1.82) is 0 Å². The lowest BCUT2D eigenvalue weighted by Crippen LogP contribution is -2.21. The summed E-state index contributed by atoms with van der Waals surface area (Å²) in [6.07, 6.45) is 12.3. The highest BCUT2D eigenvalue weighted by Gasteiger charge is 2.11. The van der Waals surface area contributed by atoms with Crippen LogP contribution in [0, 0.1) is 2.88 Å². The van der Waals surface area contributed by atoms with Gasteiger partial charge >= 0.3 is 0 Å². The highest BCUT2D eigenvalue weighted by molar-refractivity contribution is 14.1. The predicted octanol–water partition coefficient (Wildman–Crippen LogP) is 6.53. The zero-order chi connectivity index (χ0) is 14.6. The second-order valence-corrected chi connectivity index (χ2v) is 8.41. The highest BCUT2D eigenvalue weighted by atomic mass is 127. The Morgan fingerprint density at radius 2 is 1.75 bits per heavy atom. The van der Waals surface area contributed by atoms with E-state index in [0.29, 0.717) is 6.04 Å². The smallest absolute Gasteiger partial charge is 0.0656 e. The van der Waals surface area contributed by atoms with Gasteiger partial charge in [0.1, 0.15) is 0 Å². The van der Waals surface area contributed by atoms with E-state index in [1.54, 1.807) is 0 Å². The molecule has 20 heavy (non-hydrogen) atoms. The van der Waals surface area contributed by atoms with Crippen LogP contribution in [0.5, 0.6) is 0 Å². The maximum atomic E-state index is 3.71. The SMILES string of the molecule is CCCCCCCCCC(NCCC)c1csc(I)c1. The van der Waals surface area contributed by atoms with Crippen molar-refractivity contribution in [1.82, 2.24) is 5.32 Å². The molecular formula is C17H30INS. The molecule has 1 unspecified atom stereocenters. The summed E-state index contributed by atoms with van der Waals surface area (Å²) in [7, 11) is 0. The topological polar surface area (TPSA) is 12.0 Å². The van der Waals surface area contributed by atoms with Crippen LogP contribution in [0.2, 0.25) is 0 Å². The van der Waals surface area contributed by atoms with Crippen LogP contribution in [0.4, 0.5) is 0 Å². The van der Waals surface area contributed by atoms with Gasteiger partial charge in [0, 0.05) is 6.04 Å². The number of hydrogen-bond donors (Lipinski definition) is 1. The van der Waals surface area contributed by atoms with Gasteiger partial charge in [-0.05, 0) is 59.0 Å². The number of halogens is 1. The molecule has 0 saturated carbocycles. The monoisotopic (exact) mass is 407 g/mol. The van der Waals surface area contributed by atoms with Crippen molar-refractivity contribution in [3.05, 3.63) is 19.9 Å². The van der Waals surface area contributed by atoms with E-state index >= 15 is 0 Å². The van der Waals surface area contributed by atoms with E-state index in [4.69, 9.17) is 0 Å². The van der Waals surface area contributed by atoms with Crippen molar-refractivity contribution < 1.29 is 0 Å².